The van der Waals surface area contributed by atoms with Gasteiger partial charge < -0.3 is 0 Å². The molecule has 0 aromatic heterocycles. The summed E-state index contributed by atoms with van der Waals surface area (Å²) in [6.07, 6.45) is 0. The Hall–Kier alpha value is -0.613. The summed E-state index contributed by atoms with van der Waals surface area (Å²) < 4.78 is 0. The van der Waals surface area contributed by atoms with Crippen molar-refractivity contribution in [3.8, 4) is 0 Å². The van der Waals surface area contributed by atoms with E-state index in [2.05, 4.69) is 82.5 Å². The average molecular weight is 324 g/mol. The van der Waals surface area contributed by atoms with Crippen molar-refractivity contribution in [3.05, 3.63) is 71.8 Å². The molecule has 0 saturated carbocycles. The molecule has 0 aliphatic heterocycles. The average Bonchev–Trinajstić information content (AvgIpc) is 2.33. The predicted octanol–water partition coefficient (Wildman–Crippen LogP) is 3.29. The summed E-state index contributed by atoms with van der Waals surface area (Å²) in [4.78, 5) is 0. The van der Waals surface area contributed by atoms with Gasteiger partial charge >= 0.3 is 0 Å². The van der Waals surface area contributed by atoms with Crippen LogP contribution in [0.25, 0.3) is 0 Å². The van der Waals surface area contributed by atoms with Crippen LogP contribution in [0.5, 0.6) is 0 Å². The molecule has 0 fully saturated rings. The van der Waals surface area contributed by atoms with E-state index in [4.69, 9.17) is 0 Å². The summed E-state index contributed by atoms with van der Waals surface area (Å²) in [5.41, 5.74) is 3.59. The number of hydrogen-bond donors (Lipinski definition) is 0. The molecule has 0 N–H and O–H groups in total. The van der Waals surface area contributed by atoms with E-state index in [-0.39, 0.29) is 7.02 Å². The lowest BCUT2D eigenvalue weighted by Gasteiger charge is -2.14. The van der Waals surface area contributed by atoms with Gasteiger partial charge in [-0.1, -0.05) is 60.7 Å². The van der Waals surface area contributed by atoms with Crippen LogP contribution in [-0.4, -0.2) is 7.02 Å². The van der Waals surface area contributed by atoms with Gasteiger partial charge in [-0.3, -0.25) is 0 Å². The van der Waals surface area contributed by atoms with Gasteiger partial charge in [0.1, 0.15) is 7.02 Å². The first-order valence-corrected chi connectivity index (χ1v) is 11.0. The first-order valence-electron chi connectivity index (χ1n) is 5.07. The number of hydrogen-bond acceptors (Lipinski definition) is 0. The molecule has 0 spiro atoms. The zero-order valence-electron chi connectivity index (χ0n) is 8.44. The molecule has 0 aliphatic rings. The molecule has 2 heteroatoms. The molecular formula is C13H13ISi. The molecule has 0 atom stereocenters. The normalized spacial score (nSPS) is 11.3. The van der Waals surface area contributed by atoms with E-state index in [1.807, 2.05) is 0 Å². The lowest BCUT2D eigenvalue weighted by Crippen LogP contribution is -2.04. The number of rotatable bonds is 3. The monoisotopic (exact) mass is 324 g/mol. The van der Waals surface area contributed by atoms with Crippen molar-refractivity contribution in [1.29, 1.82) is 0 Å². The van der Waals surface area contributed by atoms with Crippen molar-refractivity contribution >= 4 is 28.8 Å². The zero-order chi connectivity index (χ0) is 10.5. The summed E-state index contributed by atoms with van der Waals surface area (Å²) in [6, 6.07) is 21.6. The highest BCUT2D eigenvalue weighted by Crippen LogP contribution is 2.24. The van der Waals surface area contributed by atoms with Crippen molar-refractivity contribution in [1.82, 2.24) is 0 Å². The largest absolute Gasteiger partial charge is 0.127 e. The molecule has 0 nitrogen and oxygen atoms in total. The van der Waals surface area contributed by atoms with Crippen LogP contribution >= 0.6 is 21.8 Å². The molecule has 0 unspecified atom stereocenters. The highest BCUT2D eigenvalue weighted by molar-refractivity contribution is 14.1. The van der Waals surface area contributed by atoms with Gasteiger partial charge in [-0.05, 0) is 11.1 Å². The molecule has 76 valence electrons. The van der Waals surface area contributed by atoms with Gasteiger partial charge in [0.25, 0.3) is 0 Å². The third-order valence-electron chi connectivity index (χ3n) is 2.56. The highest BCUT2D eigenvalue weighted by atomic mass is 127. The molecule has 0 radical (unpaired) electrons. The van der Waals surface area contributed by atoms with Gasteiger partial charge in [-0.2, -0.15) is 0 Å². The molecule has 0 saturated heterocycles. The first kappa shape index (κ1) is 10.9. The van der Waals surface area contributed by atoms with Gasteiger partial charge in [0, 0.05) is 5.54 Å². The molecule has 0 bridgehead atoms. The smallest absolute Gasteiger partial charge is 0.106 e. The van der Waals surface area contributed by atoms with Gasteiger partial charge in [0.2, 0.25) is 0 Å². The lowest BCUT2D eigenvalue weighted by atomic mass is 10.0. The van der Waals surface area contributed by atoms with Crippen LogP contribution in [0.3, 0.4) is 0 Å². The van der Waals surface area contributed by atoms with Crippen LogP contribution in [0, 0.1) is 0 Å². The SMILES string of the molecule is I[SiH2]C(c1ccccc1)c1ccccc1. The van der Waals surface area contributed by atoms with Crippen molar-refractivity contribution < 1.29 is 0 Å². The molecule has 15 heavy (non-hydrogen) atoms. The van der Waals surface area contributed by atoms with Crippen LogP contribution in [0.1, 0.15) is 16.7 Å². The standard InChI is InChI=1S/C13H13ISi/c14-15-13(11-7-3-1-4-8-11)12-9-5-2-6-10-12/h1-10,13H,15H2. The molecule has 2 rings (SSSR count). The van der Waals surface area contributed by atoms with Gasteiger partial charge in [0.05, 0.1) is 0 Å². The Kier molecular flexibility index (Phi) is 3.97. The third kappa shape index (κ3) is 2.69. The maximum absolute atomic E-state index is 2.60. The first-order chi connectivity index (χ1) is 7.42. The highest BCUT2D eigenvalue weighted by Gasteiger charge is 2.11. The quantitative estimate of drug-likeness (QED) is 0.462. The van der Waals surface area contributed by atoms with Crippen molar-refractivity contribution in [2.24, 2.45) is 0 Å². The van der Waals surface area contributed by atoms with Crippen molar-refractivity contribution in [3.63, 3.8) is 0 Å². The topological polar surface area (TPSA) is 0 Å². The van der Waals surface area contributed by atoms with Crippen molar-refractivity contribution in [2.45, 2.75) is 5.54 Å². The molecule has 0 heterocycles. The molecule has 0 aliphatic carbocycles. The van der Waals surface area contributed by atoms with Gasteiger partial charge in [-0.15, -0.1) is 21.8 Å². The third-order valence-corrected chi connectivity index (χ3v) is 6.45. The molecule has 2 aromatic rings. The van der Waals surface area contributed by atoms with E-state index in [9.17, 15) is 0 Å². The summed E-state index contributed by atoms with van der Waals surface area (Å²) in [5, 5.41) is 0. The number of benzene rings is 2. The minimum atomic E-state index is -0.0986. The van der Waals surface area contributed by atoms with Crippen LogP contribution in [0.4, 0.5) is 0 Å². The second-order valence-corrected chi connectivity index (χ2v) is 7.30. The fourth-order valence-electron chi connectivity index (χ4n) is 1.74. The van der Waals surface area contributed by atoms with E-state index in [0.717, 1.165) is 0 Å². The van der Waals surface area contributed by atoms with E-state index in [1.54, 1.807) is 0 Å². The van der Waals surface area contributed by atoms with Crippen molar-refractivity contribution in [2.75, 3.05) is 0 Å². The Labute approximate surface area is 106 Å². The summed E-state index contributed by atoms with van der Waals surface area (Å²) in [6.45, 7) is 0. The second kappa shape index (κ2) is 5.46. The summed E-state index contributed by atoms with van der Waals surface area (Å²) in [5.74, 6) is 0. The van der Waals surface area contributed by atoms with Crippen LogP contribution in [-0.2, 0) is 0 Å². The van der Waals surface area contributed by atoms with Crippen LogP contribution in [0.2, 0.25) is 0 Å². The fourth-order valence-corrected chi connectivity index (χ4v) is 5.69. The maximum Gasteiger partial charge on any atom is 0.106 e. The predicted molar refractivity (Wildman–Crippen MR) is 77.3 cm³/mol. The van der Waals surface area contributed by atoms with E-state index >= 15 is 0 Å². The Morgan fingerprint density at radius 1 is 0.733 bits per heavy atom. The van der Waals surface area contributed by atoms with E-state index in [0.29, 0.717) is 5.54 Å². The van der Waals surface area contributed by atoms with E-state index in [1.165, 1.54) is 11.1 Å². The Bertz CT molecular complexity index is 360. The minimum Gasteiger partial charge on any atom is -0.127 e. The summed E-state index contributed by atoms with van der Waals surface area (Å²) >= 11 is 2.60. The number of halogens is 1. The Morgan fingerprint density at radius 3 is 1.47 bits per heavy atom. The Balaban J connectivity index is 2.34. The van der Waals surface area contributed by atoms with E-state index < -0.39 is 0 Å². The Morgan fingerprint density at radius 2 is 1.13 bits per heavy atom. The second-order valence-electron chi connectivity index (χ2n) is 3.53. The molecule has 0 amide bonds. The lowest BCUT2D eigenvalue weighted by molar-refractivity contribution is 1.14. The maximum atomic E-state index is 2.60. The minimum absolute atomic E-state index is 0.0986. The summed E-state index contributed by atoms with van der Waals surface area (Å²) in [7, 11) is -0.0986. The zero-order valence-corrected chi connectivity index (χ0v) is 12.0. The van der Waals surface area contributed by atoms with Crippen LogP contribution in [0.15, 0.2) is 60.7 Å². The fraction of sp³-hybridized carbons (Fsp3) is 0.0769. The van der Waals surface area contributed by atoms with Crippen LogP contribution < -0.4 is 0 Å². The van der Waals surface area contributed by atoms with Gasteiger partial charge in [0.15, 0.2) is 0 Å². The molecular weight excluding hydrogens is 311 g/mol. The van der Waals surface area contributed by atoms with Gasteiger partial charge in [-0.25, -0.2) is 0 Å². The molecule has 2 aromatic carbocycles.